The normalized spacial score (nSPS) is 34.8. The van der Waals surface area contributed by atoms with Gasteiger partial charge in [-0.1, -0.05) is 57.9 Å². The third kappa shape index (κ3) is 6.54. The largest absolute Gasteiger partial charge is 0.393 e. The van der Waals surface area contributed by atoms with E-state index in [0.29, 0.717) is 31.1 Å². The van der Waals surface area contributed by atoms with Gasteiger partial charge in [-0.3, -0.25) is 0 Å². The zero-order valence-electron chi connectivity index (χ0n) is 23.1. The molecule has 3 rings (SSSR count). The molecule has 4 heteroatoms. The van der Waals surface area contributed by atoms with E-state index in [1.165, 1.54) is 12.0 Å². The predicted molar refractivity (Wildman–Crippen MR) is 147 cm³/mol. The molecule has 0 spiro atoms. The summed E-state index contributed by atoms with van der Waals surface area (Å²) in [7, 11) is 0. The fourth-order valence-corrected chi connectivity index (χ4v) is 7.25. The molecule has 0 unspecified atom stereocenters. The molecule has 0 saturated heterocycles. The highest BCUT2D eigenvalue weighted by atomic mass is 16.3. The molecule has 0 aromatic heterocycles. The third-order valence-electron chi connectivity index (χ3n) is 9.94. The number of hydrogen-bond donors (Lipinski definition) is 4. The van der Waals surface area contributed by atoms with Gasteiger partial charge in [-0.25, -0.2) is 0 Å². The average molecular weight is 499 g/mol. The second kappa shape index (κ2) is 12.4. The Bertz CT molecular complexity index is 886. The highest BCUT2D eigenvalue weighted by Crippen LogP contribution is 2.59. The van der Waals surface area contributed by atoms with Crippen molar-refractivity contribution in [1.82, 2.24) is 0 Å². The summed E-state index contributed by atoms with van der Waals surface area (Å²) < 4.78 is 0. The van der Waals surface area contributed by atoms with Crippen LogP contribution in [0.25, 0.3) is 0 Å². The molecule has 0 aromatic carbocycles. The summed E-state index contributed by atoms with van der Waals surface area (Å²) in [6.45, 7) is 12.7. The topological polar surface area (TPSA) is 80.9 Å². The minimum absolute atomic E-state index is 0.122. The molecule has 0 amide bonds. The van der Waals surface area contributed by atoms with E-state index in [1.54, 1.807) is 0 Å². The van der Waals surface area contributed by atoms with Gasteiger partial charge < -0.3 is 20.4 Å². The monoisotopic (exact) mass is 498 g/mol. The summed E-state index contributed by atoms with van der Waals surface area (Å²) in [5.41, 5.74) is 2.75. The van der Waals surface area contributed by atoms with Gasteiger partial charge in [-0.2, -0.15) is 0 Å². The van der Waals surface area contributed by atoms with Gasteiger partial charge in [0, 0.05) is 12.8 Å². The lowest BCUT2D eigenvalue weighted by Crippen LogP contribution is -2.39. The van der Waals surface area contributed by atoms with E-state index in [4.69, 9.17) is 0 Å². The van der Waals surface area contributed by atoms with Gasteiger partial charge in [0.2, 0.25) is 0 Å². The molecule has 0 aliphatic heterocycles. The Morgan fingerprint density at radius 2 is 1.92 bits per heavy atom. The van der Waals surface area contributed by atoms with Gasteiger partial charge in [0.25, 0.3) is 0 Å². The van der Waals surface area contributed by atoms with Crippen LogP contribution < -0.4 is 0 Å². The Morgan fingerprint density at radius 1 is 1.19 bits per heavy atom. The lowest BCUT2D eigenvalue weighted by atomic mass is 9.60. The highest BCUT2D eigenvalue weighted by molar-refractivity contribution is 5.38. The van der Waals surface area contributed by atoms with Crippen molar-refractivity contribution >= 4 is 0 Å². The maximum atomic E-state index is 10.9. The number of hydrogen-bond acceptors (Lipinski definition) is 4. The van der Waals surface area contributed by atoms with Crippen molar-refractivity contribution in [1.29, 1.82) is 0 Å². The van der Waals surface area contributed by atoms with Crippen molar-refractivity contribution in [2.75, 3.05) is 0 Å². The number of fused-ring (bicyclic) bond motifs is 1. The van der Waals surface area contributed by atoms with E-state index in [1.807, 2.05) is 13.8 Å². The molecular weight excluding hydrogens is 448 g/mol. The lowest BCUT2D eigenvalue weighted by molar-refractivity contribution is 0.0221. The van der Waals surface area contributed by atoms with Crippen LogP contribution in [0.1, 0.15) is 105 Å². The molecule has 4 N–H and O–H groups in total. The minimum Gasteiger partial charge on any atom is -0.393 e. The molecule has 3 aliphatic rings. The van der Waals surface area contributed by atoms with Crippen LogP contribution in [0.4, 0.5) is 0 Å². The second-order valence-corrected chi connectivity index (χ2v) is 12.1. The van der Waals surface area contributed by atoms with Gasteiger partial charge in [0.1, 0.15) is 6.10 Å². The number of unbranched alkanes of at least 4 members (excludes halogenated alkanes) is 1. The van der Waals surface area contributed by atoms with Gasteiger partial charge in [-0.15, -0.1) is 5.92 Å². The average Bonchev–Trinajstić information content (AvgIpc) is 3.21. The van der Waals surface area contributed by atoms with Crippen molar-refractivity contribution in [2.45, 2.75) is 129 Å². The summed E-state index contributed by atoms with van der Waals surface area (Å²) in [6, 6.07) is 0. The molecule has 36 heavy (non-hydrogen) atoms. The third-order valence-corrected chi connectivity index (χ3v) is 9.94. The van der Waals surface area contributed by atoms with E-state index in [-0.39, 0.29) is 11.3 Å². The standard InChI is InChI=1S/C32H50O4/c1-6-32(36,7-2)19-10-8-9-13-29(34)23(4)27-16-17-28-24(12-11-18-31(27,28)5)14-15-25-20-26(33)21-30(35)22(25)3/h14-15,23,26-30,33-36H,3,6-8,10-12,16-21H2,1-2,4-5H3/b24-14+,25-15+/t23-,26+,27+,28-,29+,30-,31+/m0/s1. The van der Waals surface area contributed by atoms with Crippen molar-refractivity contribution in [3.63, 3.8) is 0 Å². The maximum Gasteiger partial charge on any atom is 0.117 e. The lowest BCUT2D eigenvalue weighted by Gasteiger charge is -2.44. The van der Waals surface area contributed by atoms with Crippen molar-refractivity contribution in [2.24, 2.45) is 23.2 Å². The van der Waals surface area contributed by atoms with Crippen LogP contribution in [0.2, 0.25) is 0 Å². The fraction of sp³-hybridized carbons (Fsp3) is 0.750. The molecule has 3 aliphatic carbocycles. The van der Waals surface area contributed by atoms with Crippen LogP contribution in [-0.4, -0.2) is 44.3 Å². The van der Waals surface area contributed by atoms with Crippen molar-refractivity contribution in [3.8, 4) is 11.8 Å². The van der Waals surface area contributed by atoms with Crippen LogP contribution >= 0.6 is 0 Å². The summed E-state index contributed by atoms with van der Waals surface area (Å²) in [5.74, 6) is 7.38. The Kier molecular flexibility index (Phi) is 10.1. The van der Waals surface area contributed by atoms with Gasteiger partial charge >= 0.3 is 0 Å². The number of allylic oxidation sites excluding steroid dienone is 3. The Balaban J connectivity index is 1.64. The predicted octanol–water partition coefficient (Wildman–Crippen LogP) is 5.85. The van der Waals surface area contributed by atoms with Crippen LogP contribution in [-0.2, 0) is 0 Å². The van der Waals surface area contributed by atoms with Crippen LogP contribution in [0.15, 0.2) is 35.5 Å². The van der Waals surface area contributed by atoms with E-state index < -0.39 is 23.9 Å². The maximum absolute atomic E-state index is 10.9. The molecule has 3 saturated carbocycles. The van der Waals surface area contributed by atoms with Gasteiger partial charge in [0.05, 0.1) is 17.8 Å². The number of aliphatic hydroxyl groups is 4. The number of rotatable bonds is 8. The van der Waals surface area contributed by atoms with Crippen LogP contribution in [0.3, 0.4) is 0 Å². The summed E-state index contributed by atoms with van der Waals surface area (Å²) in [4.78, 5) is 0. The highest BCUT2D eigenvalue weighted by Gasteiger charge is 2.51. The summed E-state index contributed by atoms with van der Waals surface area (Å²) in [6.07, 6.45) is 13.0. The zero-order valence-corrected chi connectivity index (χ0v) is 23.1. The van der Waals surface area contributed by atoms with Crippen molar-refractivity contribution < 1.29 is 20.4 Å². The first-order valence-corrected chi connectivity index (χ1v) is 14.4. The van der Waals surface area contributed by atoms with Crippen LogP contribution in [0, 0.1) is 35.0 Å². The van der Waals surface area contributed by atoms with E-state index >= 15 is 0 Å². The molecule has 0 aromatic rings. The molecular formula is C32H50O4. The van der Waals surface area contributed by atoms with Gasteiger partial charge in [-0.05, 0) is 98.5 Å². The molecule has 0 heterocycles. The van der Waals surface area contributed by atoms with E-state index in [2.05, 4.69) is 44.4 Å². The molecule has 202 valence electrons. The van der Waals surface area contributed by atoms with E-state index in [0.717, 1.165) is 62.5 Å². The smallest absolute Gasteiger partial charge is 0.117 e. The quantitative estimate of drug-likeness (QED) is 0.250. The van der Waals surface area contributed by atoms with Crippen molar-refractivity contribution in [3.05, 3.63) is 35.5 Å². The zero-order chi connectivity index (χ0) is 26.5. The Labute approximate surface area is 219 Å². The first kappa shape index (κ1) is 29.2. The summed E-state index contributed by atoms with van der Waals surface area (Å²) >= 11 is 0. The minimum atomic E-state index is -0.654. The number of aliphatic hydroxyl groups excluding tert-OH is 3. The first-order valence-electron chi connectivity index (χ1n) is 14.4. The molecule has 4 nitrogen and oxygen atoms in total. The summed E-state index contributed by atoms with van der Waals surface area (Å²) in [5, 5.41) is 41.7. The molecule has 7 atom stereocenters. The Morgan fingerprint density at radius 3 is 2.61 bits per heavy atom. The molecule has 3 fully saturated rings. The molecule has 0 radical (unpaired) electrons. The molecule has 0 bridgehead atoms. The first-order chi connectivity index (χ1) is 17.0. The SMILES string of the molecule is C=C1/C(=C/C=C2\CCC[C@]3(C)[C@@H]([C@H](C)[C@H](O)C#CCCCC(O)(CC)CC)CC[C@@H]23)C[C@@H](O)C[C@@H]1O. The Hall–Kier alpha value is -1.38. The van der Waals surface area contributed by atoms with Crippen LogP contribution in [0.5, 0.6) is 0 Å². The van der Waals surface area contributed by atoms with E-state index in [9.17, 15) is 20.4 Å². The fourth-order valence-electron chi connectivity index (χ4n) is 7.25. The van der Waals surface area contributed by atoms with Gasteiger partial charge in [0.15, 0.2) is 0 Å². The second-order valence-electron chi connectivity index (χ2n) is 12.1.